The molecule has 1 saturated carbocycles. The van der Waals surface area contributed by atoms with Crippen LogP contribution in [0.3, 0.4) is 0 Å². The normalized spacial score (nSPS) is 15.9. The summed E-state index contributed by atoms with van der Waals surface area (Å²) in [6.07, 6.45) is 3.92. The van der Waals surface area contributed by atoms with Crippen molar-refractivity contribution in [2.45, 2.75) is 32.7 Å². The maximum Gasteiger partial charge on any atom is 0.123 e. The maximum absolute atomic E-state index is 8.76. The minimum atomic E-state index is 0.432. The van der Waals surface area contributed by atoms with E-state index in [4.69, 9.17) is 9.94 Å². The molecular weight excluding hydrogens is 202 g/mol. The van der Waals surface area contributed by atoms with Crippen molar-refractivity contribution in [3.05, 3.63) is 29.3 Å². The Hall–Kier alpha value is -1.06. The van der Waals surface area contributed by atoms with Crippen molar-refractivity contribution in [2.24, 2.45) is 5.92 Å². The van der Waals surface area contributed by atoms with Crippen LogP contribution in [0.4, 0.5) is 0 Å². The molecule has 1 aliphatic carbocycles. The van der Waals surface area contributed by atoms with Gasteiger partial charge in [-0.15, -0.1) is 0 Å². The Bertz CT molecular complexity index is 348. The molecule has 16 heavy (non-hydrogen) atoms. The van der Waals surface area contributed by atoms with Crippen LogP contribution in [0.5, 0.6) is 5.75 Å². The summed E-state index contributed by atoms with van der Waals surface area (Å²) < 4.78 is 5.80. The van der Waals surface area contributed by atoms with E-state index in [2.05, 4.69) is 5.48 Å². The average molecular weight is 221 g/mol. The van der Waals surface area contributed by atoms with Crippen molar-refractivity contribution in [1.29, 1.82) is 0 Å². The van der Waals surface area contributed by atoms with Crippen LogP contribution in [0, 0.1) is 12.8 Å². The first-order chi connectivity index (χ1) is 7.79. The van der Waals surface area contributed by atoms with E-state index in [1.807, 2.05) is 25.1 Å². The monoisotopic (exact) mass is 221 g/mol. The van der Waals surface area contributed by atoms with Crippen LogP contribution in [0.15, 0.2) is 18.2 Å². The third kappa shape index (κ3) is 2.74. The van der Waals surface area contributed by atoms with Crippen molar-refractivity contribution < 1.29 is 9.94 Å². The van der Waals surface area contributed by atoms with E-state index in [1.165, 1.54) is 24.8 Å². The Morgan fingerprint density at radius 1 is 1.44 bits per heavy atom. The molecule has 3 heteroatoms. The first-order valence-electron chi connectivity index (χ1n) is 5.89. The van der Waals surface area contributed by atoms with Crippen molar-refractivity contribution in [3.63, 3.8) is 0 Å². The van der Waals surface area contributed by atoms with Gasteiger partial charge in [-0.3, -0.25) is 0 Å². The van der Waals surface area contributed by atoms with E-state index in [1.54, 1.807) is 0 Å². The van der Waals surface area contributed by atoms with Gasteiger partial charge in [-0.25, -0.2) is 5.48 Å². The molecule has 0 radical (unpaired) electrons. The Kier molecular flexibility index (Phi) is 3.80. The highest BCUT2D eigenvalue weighted by Gasteiger charge is 2.18. The van der Waals surface area contributed by atoms with Crippen molar-refractivity contribution >= 4 is 0 Å². The predicted molar refractivity (Wildman–Crippen MR) is 62.6 cm³/mol. The van der Waals surface area contributed by atoms with Crippen LogP contribution < -0.4 is 10.2 Å². The lowest BCUT2D eigenvalue weighted by Crippen LogP contribution is -2.20. The summed E-state index contributed by atoms with van der Waals surface area (Å²) in [4.78, 5) is 0. The van der Waals surface area contributed by atoms with Crippen molar-refractivity contribution in [1.82, 2.24) is 5.48 Å². The minimum Gasteiger partial charge on any atom is -0.493 e. The van der Waals surface area contributed by atoms with Gasteiger partial charge in [0.05, 0.1) is 6.61 Å². The molecule has 1 aromatic carbocycles. The number of hydrogen-bond donors (Lipinski definition) is 2. The molecule has 0 amide bonds. The van der Waals surface area contributed by atoms with E-state index in [0.717, 1.165) is 23.8 Å². The van der Waals surface area contributed by atoms with Crippen molar-refractivity contribution in [2.75, 3.05) is 6.61 Å². The van der Waals surface area contributed by atoms with Gasteiger partial charge in [0.15, 0.2) is 0 Å². The molecule has 2 rings (SSSR count). The second kappa shape index (κ2) is 5.32. The number of hydrogen-bond acceptors (Lipinski definition) is 3. The molecule has 0 spiro atoms. The molecule has 3 nitrogen and oxygen atoms in total. The van der Waals surface area contributed by atoms with E-state index in [-0.39, 0.29) is 0 Å². The summed E-state index contributed by atoms with van der Waals surface area (Å²) in [6.45, 7) is 3.28. The Labute approximate surface area is 96.4 Å². The fourth-order valence-electron chi connectivity index (χ4n) is 1.94. The molecule has 2 N–H and O–H groups in total. The number of aryl methyl sites for hydroxylation is 1. The second-order valence-electron chi connectivity index (χ2n) is 4.55. The highest BCUT2D eigenvalue weighted by atomic mass is 16.5. The van der Waals surface area contributed by atoms with Gasteiger partial charge in [0.2, 0.25) is 0 Å². The molecule has 88 valence electrons. The average Bonchev–Trinajstić information content (AvgIpc) is 2.19. The third-order valence-electron chi connectivity index (χ3n) is 3.18. The van der Waals surface area contributed by atoms with Gasteiger partial charge in [0, 0.05) is 12.1 Å². The summed E-state index contributed by atoms with van der Waals surface area (Å²) in [7, 11) is 0. The van der Waals surface area contributed by atoms with E-state index >= 15 is 0 Å². The second-order valence-corrected chi connectivity index (χ2v) is 4.55. The highest BCUT2D eigenvalue weighted by molar-refractivity contribution is 5.36. The van der Waals surface area contributed by atoms with Gasteiger partial charge < -0.3 is 9.94 Å². The van der Waals surface area contributed by atoms with Crippen molar-refractivity contribution in [3.8, 4) is 5.75 Å². The van der Waals surface area contributed by atoms with Crippen LogP contribution in [0.25, 0.3) is 0 Å². The molecule has 0 aliphatic heterocycles. The topological polar surface area (TPSA) is 41.5 Å². The maximum atomic E-state index is 8.76. The van der Waals surface area contributed by atoms with Gasteiger partial charge >= 0.3 is 0 Å². The lowest BCUT2D eigenvalue weighted by atomic mass is 9.86. The standard InChI is InChI=1S/C13H19NO2/c1-10-5-6-13(12(7-10)8-14-15)16-9-11-3-2-4-11/h5-7,11,14-15H,2-4,8-9H2,1H3. The first-order valence-corrected chi connectivity index (χ1v) is 5.89. The zero-order valence-electron chi connectivity index (χ0n) is 9.70. The smallest absolute Gasteiger partial charge is 0.123 e. The van der Waals surface area contributed by atoms with Crippen LogP contribution in [-0.2, 0) is 6.54 Å². The van der Waals surface area contributed by atoms with E-state index in [0.29, 0.717) is 6.54 Å². The van der Waals surface area contributed by atoms with Gasteiger partial charge in [0.25, 0.3) is 0 Å². The summed E-state index contributed by atoms with van der Waals surface area (Å²) in [5.74, 6) is 1.62. The molecule has 1 aromatic rings. The summed E-state index contributed by atoms with van der Waals surface area (Å²) in [5, 5.41) is 8.76. The van der Waals surface area contributed by atoms with Crippen LogP contribution in [0.1, 0.15) is 30.4 Å². The van der Waals surface area contributed by atoms with E-state index < -0.39 is 0 Å². The number of hydroxylamine groups is 1. The molecule has 0 bridgehead atoms. The fraction of sp³-hybridized carbons (Fsp3) is 0.538. The van der Waals surface area contributed by atoms with Crippen LogP contribution in [0.2, 0.25) is 0 Å². The molecule has 0 heterocycles. The van der Waals surface area contributed by atoms with Crippen LogP contribution in [-0.4, -0.2) is 11.8 Å². The number of benzene rings is 1. The SMILES string of the molecule is Cc1ccc(OCC2CCC2)c(CNO)c1. The number of nitrogens with one attached hydrogen (secondary N) is 1. The molecule has 0 atom stereocenters. The summed E-state index contributed by atoms with van der Waals surface area (Å²) in [6, 6.07) is 6.07. The predicted octanol–water partition coefficient (Wildman–Crippen LogP) is 2.65. The molecule has 0 unspecified atom stereocenters. The number of rotatable bonds is 5. The Balaban J connectivity index is 1.99. The minimum absolute atomic E-state index is 0.432. The largest absolute Gasteiger partial charge is 0.493 e. The highest BCUT2D eigenvalue weighted by Crippen LogP contribution is 2.28. The molecular formula is C13H19NO2. The molecule has 0 saturated heterocycles. The quantitative estimate of drug-likeness (QED) is 0.751. The molecule has 1 aliphatic rings. The third-order valence-corrected chi connectivity index (χ3v) is 3.18. The van der Waals surface area contributed by atoms with E-state index in [9.17, 15) is 0 Å². The zero-order chi connectivity index (χ0) is 11.4. The number of ether oxygens (including phenoxy) is 1. The lowest BCUT2D eigenvalue weighted by Gasteiger charge is -2.25. The van der Waals surface area contributed by atoms with Gasteiger partial charge in [-0.05, 0) is 31.7 Å². The summed E-state index contributed by atoms with van der Waals surface area (Å²) in [5.41, 5.74) is 4.38. The van der Waals surface area contributed by atoms with Crippen LogP contribution >= 0.6 is 0 Å². The van der Waals surface area contributed by atoms with Gasteiger partial charge in [-0.2, -0.15) is 0 Å². The fourth-order valence-corrected chi connectivity index (χ4v) is 1.94. The molecule has 1 fully saturated rings. The Morgan fingerprint density at radius 2 is 2.25 bits per heavy atom. The Morgan fingerprint density at radius 3 is 2.88 bits per heavy atom. The summed E-state index contributed by atoms with van der Waals surface area (Å²) >= 11 is 0. The molecule has 0 aromatic heterocycles. The van der Waals surface area contributed by atoms with Gasteiger partial charge in [0.1, 0.15) is 5.75 Å². The van der Waals surface area contributed by atoms with Gasteiger partial charge in [-0.1, -0.05) is 24.1 Å². The zero-order valence-corrected chi connectivity index (χ0v) is 9.70. The first kappa shape index (κ1) is 11.4. The lowest BCUT2D eigenvalue weighted by molar-refractivity contribution is 0.155.